The third-order valence-corrected chi connectivity index (χ3v) is 7.28. The van der Waals surface area contributed by atoms with Gasteiger partial charge in [0, 0.05) is 29.2 Å². The first-order valence-electron chi connectivity index (χ1n) is 14.2. The van der Waals surface area contributed by atoms with E-state index in [1.54, 1.807) is 24.3 Å². The Kier molecular flexibility index (Phi) is 10.2. The second-order valence-electron chi connectivity index (χ2n) is 10.6. The number of alkyl halides is 2. The quantitative estimate of drug-likeness (QED) is 0.125. The average Bonchev–Trinajstić information content (AvgIpc) is 3.00. The molecular weight excluding hydrogens is 643 g/mol. The maximum absolute atomic E-state index is 15.2. The number of hydrogen-bond acceptors (Lipinski definition) is 4. The highest BCUT2D eigenvalue weighted by Gasteiger charge is 2.41. The van der Waals surface area contributed by atoms with Gasteiger partial charge < -0.3 is 18.9 Å². The van der Waals surface area contributed by atoms with Gasteiger partial charge in [0.2, 0.25) is 0 Å². The van der Waals surface area contributed by atoms with Crippen LogP contribution in [-0.4, -0.2) is 13.2 Å². The molecule has 4 nitrogen and oxygen atoms in total. The van der Waals surface area contributed by atoms with Gasteiger partial charge in [-0.05, 0) is 41.3 Å². The Labute approximate surface area is 263 Å². The maximum Gasteiger partial charge on any atom is 0.432 e. The van der Waals surface area contributed by atoms with E-state index in [1.165, 1.54) is 12.1 Å². The highest BCUT2D eigenvalue weighted by atomic mass is 19.3. The smallest absolute Gasteiger partial charge is 0.432 e. The fourth-order valence-corrected chi connectivity index (χ4v) is 5.09. The van der Waals surface area contributed by atoms with Gasteiger partial charge in [0.25, 0.3) is 0 Å². The molecule has 0 aromatic heterocycles. The van der Waals surface area contributed by atoms with Crippen LogP contribution in [-0.2, 0) is 15.6 Å². The normalized spacial score (nSPS) is 16.6. The number of ether oxygens (including phenoxy) is 4. The van der Waals surface area contributed by atoms with E-state index in [0.717, 1.165) is 24.5 Å². The molecule has 1 heterocycles. The van der Waals surface area contributed by atoms with Gasteiger partial charge in [-0.15, -0.1) is 0 Å². The average molecular weight is 669 g/mol. The second kappa shape index (κ2) is 14.1. The molecular formula is C34H25F9O4. The standard InChI is InChI=1S/C34H25F9O4/c1-2-3-18-15-45-33(46-16-18)20-6-4-19(5-7-20)21-8-9-24(25(35)10-21)22-11-26(36)31(27(37)12-22)34(42,43)47-23-13-28(38)32(29(39)14-23)44-17-30(40)41/h4-14,17-18,33H,2-3,15-16H2,1H3. The lowest BCUT2D eigenvalue weighted by atomic mass is 9.97. The Bertz CT molecular complexity index is 1720. The van der Waals surface area contributed by atoms with E-state index in [4.69, 9.17) is 9.47 Å². The number of benzene rings is 4. The third-order valence-electron chi connectivity index (χ3n) is 7.28. The van der Waals surface area contributed by atoms with E-state index >= 15 is 4.39 Å². The Morgan fingerprint density at radius 3 is 1.89 bits per heavy atom. The van der Waals surface area contributed by atoms with Crippen molar-refractivity contribution in [2.45, 2.75) is 32.2 Å². The maximum atomic E-state index is 15.2. The van der Waals surface area contributed by atoms with E-state index in [-0.39, 0.29) is 24.0 Å². The zero-order valence-electron chi connectivity index (χ0n) is 24.4. The Morgan fingerprint density at radius 2 is 1.34 bits per heavy atom. The fourth-order valence-electron chi connectivity index (χ4n) is 5.09. The molecule has 0 amide bonds. The van der Waals surface area contributed by atoms with Crippen molar-refractivity contribution in [3.8, 4) is 33.8 Å². The first-order valence-corrected chi connectivity index (χ1v) is 14.2. The molecule has 13 heteroatoms. The molecule has 1 aliphatic heterocycles. The van der Waals surface area contributed by atoms with Crippen molar-refractivity contribution in [3.05, 3.63) is 119 Å². The number of rotatable bonds is 10. The van der Waals surface area contributed by atoms with Crippen LogP contribution in [0.3, 0.4) is 0 Å². The summed E-state index contributed by atoms with van der Waals surface area (Å²) < 4.78 is 147. The largest absolute Gasteiger partial charge is 0.453 e. The zero-order valence-corrected chi connectivity index (χ0v) is 24.4. The van der Waals surface area contributed by atoms with Crippen molar-refractivity contribution in [3.63, 3.8) is 0 Å². The molecule has 0 bridgehead atoms. The molecule has 1 saturated heterocycles. The number of halogens is 9. The summed E-state index contributed by atoms with van der Waals surface area (Å²) in [5.41, 5.74) is -0.834. The molecule has 0 N–H and O–H groups in total. The molecule has 0 atom stereocenters. The monoisotopic (exact) mass is 668 g/mol. The van der Waals surface area contributed by atoms with Crippen LogP contribution in [0.2, 0.25) is 0 Å². The Balaban J connectivity index is 1.32. The molecule has 1 fully saturated rings. The molecule has 0 saturated carbocycles. The predicted octanol–water partition coefficient (Wildman–Crippen LogP) is 10.4. The summed E-state index contributed by atoms with van der Waals surface area (Å²) in [6.07, 6.45) is -6.04. The minimum atomic E-state index is -4.82. The molecule has 0 spiro atoms. The van der Waals surface area contributed by atoms with Crippen LogP contribution in [0.4, 0.5) is 39.5 Å². The van der Waals surface area contributed by atoms with E-state index in [9.17, 15) is 35.1 Å². The Morgan fingerprint density at radius 1 is 0.766 bits per heavy atom. The van der Waals surface area contributed by atoms with E-state index in [1.807, 2.05) is 0 Å². The summed E-state index contributed by atoms with van der Waals surface area (Å²) >= 11 is 0. The lowest BCUT2D eigenvalue weighted by Gasteiger charge is -2.29. The van der Waals surface area contributed by atoms with Gasteiger partial charge in [0.05, 0.1) is 13.2 Å². The molecule has 4 aromatic carbocycles. The van der Waals surface area contributed by atoms with Crippen molar-refractivity contribution in [1.29, 1.82) is 0 Å². The minimum Gasteiger partial charge on any atom is -0.453 e. The summed E-state index contributed by atoms with van der Waals surface area (Å²) in [6.45, 7) is 3.25. The van der Waals surface area contributed by atoms with Crippen LogP contribution < -0.4 is 9.47 Å². The van der Waals surface area contributed by atoms with Crippen LogP contribution in [0.1, 0.15) is 37.2 Å². The Hall–Kier alpha value is -4.49. The van der Waals surface area contributed by atoms with Gasteiger partial charge in [-0.25, -0.2) is 22.0 Å². The van der Waals surface area contributed by atoms with Crippen molar-refractivity contribution in [2.24, 2.45) is 5.92 Å². The summed E-state index contributed by atoms with van der Waals surface area (Å²) in [5.74, 6) is -10.3. The second-order valence-corrected chi connectivity index (χ2v) is 10.6. The SMILES string of the molecule is CCCC1COC(c2ccc(-c3ccc(-c4cc(F)c(C(F)(F)Oc5cc(F)c(OC=C(F)F)c(F)c5)c(F)c4)c(F)c3)cc2)OC1. The minimum absolute atomic E-state index is 0.144. The van der Waals surface area contributed by atoms with Crippen LogP contribution in [0, 0.1) is 35.0 Å². The van der Waals surface area contributed by atoms with Crippen molar-refractivity contribution < 1.29 is 58.5 Å². The predicted molar refractivity (Wildman–Crippen MR) is 152 cm³/mol. The third kappa shape index (κ3) is 7.74. The molecule has 5 rings (SSSR count). The van der Waals surface area contributed by atoms with Gasteiger partial charge >= 0.3 is 12.2 Å². The summed E-state index contributed by atoms with van der Waals surface area (Å²) in [5, 5.41) is 0. The first-order chi connectivity index (χ1) is 22.4. The molecule has 1 aliphatic rings. The molecule has 0 aliphatic carbocycles. The fraction of sp³-hybridized carbons (Fsp3) is 0.235. The molecule has 4 aromatic rings. The lowest BCUT2D eigenvalue weighted by Crippen LogP contribution is -2.26. The van der Waals surface area contributed by atoms with Gasteiger partial charge in [0.1, 0.15) is 28.8 Å². The van der Waals surface area contributed by atoms with Crippen molar-refractivity contribution in [1.82, 2.24) is 0 Å². The summed E-state index contributed by atoms with van der Waals surface area (Å²) in [7, 11) is 0. The van der Waals surface area contributed by atoms with Crippen molar-refractivity contribution >= 4 is 0 Å². The van der Waals surface area contributed by atoms with Crippen LogP contribution in [0.25, 0.3) is 22.3 Å². The van der Waals surface area contributed by atoms with Gasteiger partial charge in [-0.2, -0.15) is 17.6 Å². The van der Waals surface area contributed by atoms with Crippen LogP contribution in [0.15, 0.2) is 79.1 Å². The van der Waals surface area contributed by atoms with Gasteiger partial charge in [-0.1, -0.05) is 49.7 Å². The number of hydrogen-bond donors (Lipinski definition) is 0. The molecule has 0 radical (unpaired) electrons. The zero-order chi connectivity index (χ0) is 33.9. The van der Waals surface area contributed by atoms with E-state index < -0.39 is 70.2 Å². The van der Waals surface area contributed by atoms with E-state index in [0.29, 0.717) is 42.4 Å². The van der Waals surface area contributed by atoms with Gasteiger partial charge in [-0.3, -0.25) is 0 Å². The topological polar surface area (TPSA) is 36.9 Å². The highest BCUT2D eigenvalue weighted by Crippen LogP contribution is 2.39. The molecule has 0 unspecified atom stereocenters. The van der Waals surface area contributed by atoms with Crippen molar-refractivity contribution in [2.75, 3.05) is 13.2 Å². The first kappa shape index (κ1) is 33.9. The molecule has 248 valence electrons. The van der Waals surface area contributed by atoms with Crippen LogP contribution >= 0.6 is 0 Å². The van der Waals surface area contributed by atoms with Crippen LogP contribution in [0.5, 0.6) is 11.5 Å². The van der Waals surface area contributed by atoms with E-state index in [2.05, 4.69) is 16.4 Å². The molecule has 47 heavy (non-hydrogen) atoms. The summed E-state index contributed by atoms with van der Waals surface area (Å²) in [6, 6.07) is 12.0. The highest BCUT2D eigenvalue weighted by molar-refractivity contribution is 5.71. The van der Waals surface area contributed by atoms with Gasteiger partial charge in [0.15, 0.2) is 29.9 Å². The summed E-state index contributed by atoms with van der Waals surface area (Å²) in [4.78, 5) is 0. The lowest BCUT2D eigenvalue weighted by molar-refractivity contribution is -0.206.